The number of fused-ring (bicyclic) bond motifs is 9. The fourth-order valence-corrected chi connectivity index (χ4v) is 14.1. The van der Waals surface area contributed by atoms with Crippen molar-refractivity contribution in [2.24, 2.45) is 0 Å². The zero-order valence-corrected chi connectivity index (χ0v) is 96.8. The molecule has 0 N–H and O–H groups in total. The summed E-state index contributed by atoms with van der Waals surface area (Å²) in [5, 5.41) is 21.1. The van der Waals surface area contributed by atoms with Crippen molar-refractivity contribution in [2.45, 2.75) is 360 Å². The third-order valence-electron chi connectivity index (χ3n) is 20.0. The molecule has 0 saturated heterocycles. The summed E-state index contributed by atoms with van der Waals surface area (Å²) >= 11 is 0. The molecule has 20 heteroatoms. The van der Waals surface area contributed by atoms with Crippen LogP contribution in [0.15, 0.2) is 264 Å². The van der Waals surface area contributed by atoms with E-state index in [0.717, 1.165) is 122 Å². The van der Waals surface area contributed by atoms with Gasteiger partial charge in [0.05, 0.1) is 85.0 Å². The standard InChI is InChI=1S/C13H15N.5C12H14N2.3C11H13N3.9C2H6/c1-13(2,3)12-11-7-5-4-6-10(11)8-9-14-12;1-12(2,3)11-10-8-13-6-4-9(10)5-7-14-11;1-12(2,3)11-9-5-4-7-13-10(9)6-8-14-11;1-12(2,3)11-10-9(6-8-14-11)5-4-7-13-10;1-12(2,3)11-9-6-4-5-7-10(9)13-8-14-11;1-12(2,3)11-10-7-5-4-6-9(10)8-13-14-11;1-11(2,3)10-8-6-12-5-4-9(8)13-7-14-10;1-11(2,3)10-9-8(13-7-14-10)5-4-6-12-9;1-11(2,3)9-8-5-4-6-12-10(8)14-7-13-9;9*1-2/h4-9H,1-3H3;5*4-8H,1-3H3;3*4-7H,1-3H3;9*1-2H3. The average Bonchev–Trinajstić information content (AvgIpc) is 0.853. The van der Waals surface area contributed by atoms with E-state index < -0.39 is 0 Å². The van der Waals surface area contributed by atoms with Crippen molar-refractivity contribution in [3.8, 4) is 0 Å². The number of nitrogens with zero attached hydrogens (tertiary/aromatic N) is 20. The van der Waals surface area contributed by atoms with Crippen LogP contribution in [0, 0.1) is 0 Å². The van der Waals surface area contributed by atoms with Gasteiger partial charge in [-0.1, -0.05) is 384 Å². The fraction of sp³-hybridized carbons (Fsp3) is 0.435. The van der Waals surface area contributed by atoms with Gasteiger partial charge in [0.2, 0.25) is 0 Å². The maximum Gasteiger partial charge on any atom is 0.162 e. The van der Waals surface area contributed by atoms with E-state index in [9.17, 15) is 0 Å². The van der Waals surface area contributed by atoms with Crippen molar-refractivity contribution in [1.82, 2.24) is 99.9 Å². The third-order valence-corrected chi connectivity index (χ3v) is 20.0. The lowest BCUT2D eigenvalue weighted by molar-refractivity contribution is 0.566. The van der Waals surface area contributed by atoms with Gasteiger partial charge in [0.25, 0.3) is 0 Å². The van der Waals surface area contributed by atoms with E-state index in [2.05, 4.69) is 348 Å². The van der Waals surface area contributed by atoms with Gasteiger partial charge in [-0.2, -0.15) is 10.2 Å². The molecule has 18 aromatic rings. The number of pyridine rings is 10. The Kier molecular flexibility index (Phi) is 56.5. The van der Waals surface area contributed by atoms with E-state index in [-0.39, 0.29) is 48.7 Å². The minimum absolute atomic E-state index is 0.00947. The highest BCUT2D eigenvalue weighted by molar-refractivity contribution is 5.88. The molecule has 0 fully saturated rings. The zero-order chi connectivity index (χ0) is 110. The molecule has 0 aliphatic rings. The number of rotatable bonds is 0. The van der Waals surface area contributed by atoms with Crippen molar-refractivity contribution in [3.05, 3.63) is 315 Å². The molecule has 0 atom stereocenters. The smallest absolute Gasteiger partial charge is 0.162 e. The minimum atomic E-state index is 0.00947. The maximum absolute atomic E-state index is 4.48. The quantitative estimate of drug-likeness (QED) is 0.137. The van der Waals surface area contributed by atoms with Crippen molar-refractivity contribution in [2.75, 3.05) is 0 Å². The molecule has 0 saturated carbocycles. The molecule has 0 aliphatic carbocycles. The lowest BCUT2D eigenvalue weighted by Crippen LogP contribution is -2.14. The van der Waals surface area contributed by atoms with Gasteiger partial charge in [0.1, 0.15) is 30.8 Å². The Morgan fingerprint density at radius 2 is 0.438 bits per heavy atom. The highest BCUT2D eigenvalue weighted by atomic mass is 15.1. The first-order valence-corrected chi connectivity index (χ1v) is 51.8. The van der Waals surface area contributed by atoms with Crippen LogP contribution in [0.4, 0.5) is 0 Å². The molecule has 15 heterocycles. The Bertz CT molecular complexity index is 5330. The first-order valence-electron chi connectivity index (χ1n) is 51.8. The molecular weight excluding hydrogens is 1770 g/mol. The highest BCUT2D eigenvalue weighted by Gasteiger charge is 2.26. The summed E-state index contributed by atoms with van der Waals surface area (Å²) in [6, 6.07) is 52.6. The molecule has 3 aromatic carbocycles. The lowest BCUT2D eigenvalue weighted by atomic mass is 9.88. The van der Waals surface area contributed by atoms with E-state index in [1.807, 2.05) is 284 Å². The molecular formula is C124H178N20. The summed E-state index contributed by atoms with van der Waals surface area (Å²) in [7, 11) is 0. The van der Waals surface area contributed by atoms with Gasteiger partial charge in [-0.15, -0.1) is 0 Å². The third kappa shape index (κ3) is 39.9. The first kappa shape index (κ1) is 129. The Morgan fingerprint density at radius 1 is 0.160 bits per heavy atom. The average molecular weight is 1950 g/mol. The van der Waals surface area contributed by atoms with Gasteiger partial charge >= 0.3 is 0 Å². The Hall–Kier alpha value is -13.1. The van der Waals surface area contributed by atoms with Gasteiger partial charge in [-0.05, 0) is 95.7 Å². The van der Waals surface area contributed by atoms with Crippen LogP contribution in [-0.2, 0) is 48.7 Å². The predicted molar refractivity (Wildman–Crippen MR) is 622 cm³/mol. The second-order valence-electron chi connectivity index (χ2n) is 40.2. The number of hydrogen-bond acceptors (Lipinski definition) is 20. The number of para-hydroxylation sites is 1. The van der Waals surface area contributed by atoms with Crippen LogP contribution in [-0.4, -0.2) is 99.9 Å². The normalized spacial score (nSPS) is 10.8. The molecule has 0 spiro atoms. The van der Waals surface area contributed by atoms with Gasteiger partial charge in [-0.3, -0.25) is 44.9 Å². The molecule has 18 rings (SSSR count). The Balaban J connectivity index is 0.000000793. The second-order valence-corrected chi connectivity index (χ2v) is 40.2. The summed E-state index contributed by atoms with van der Waals surface area (Å²) in [4.78, 5) is 77.3. The molecule has 0 radical (unpaired) electrons. The summed E-state index contributed by atoms with van der Waals surface area (Å²) in [5.74, 6) is 0. The van der Waals surface area contributed by atoms with E-state index in [4.69, 9.17) is 0 Å². The van der Waals surface area contributed by atoms with Crippen LogP contribution >= 0.6 is 0 Å². The number of benzene rings is 3. The van der Waals surface area contributed by atoms with Crippen molar-refractivity contribution >= 4 is 98.0 Å². The van der Waals surface area contributed by atoms with E-state index in [0.29, 0.717) is 0 Å². The van der Waals surface area contributed by atoms with Crippen LogP contribution in [0.5, 0.6) is 0 Å². The molecule has 0 unspecified atom stereocenters. The monoisotopic (exact) mass is 1950 g/mol. The molecule has 774 valence electrons. The zero-order valence-electron chi connectivity index (χ0n) is 96.8. The second kappa shape index (κ2) is 63.1. The predicted octanol–water partition coefficient (Wildman–Crippen LogP) is 34.4. The largest absolute Gasteiger partial charge is 0.264 e. The first-order chi connectivity index (χ1) is 68.3. The van der Waals surface area contributed by atoms with Crippen LogP contribution in [0.1, 0.15) is 363 Å². The summed E-state index contributed by atoms with van der Waals surface area (Å²) in [6.45, 7) is 94.3. The van der Waals surface area contributed by atoms with Crippen LogP contribution < -0.4 is 0 Å². The molecule has 15 aromatic heterocycles. The van der Waals surface area contributed by atoms with E-state index >= 15 is 0 Å². The lowest BCUT2D eigenvalue weighted by Gasteiger charge is -2.19. The minimum Gasteiger partial charge on any atom is -0.264 e. The SMILES string of the molecule is CC.CC.CC.CC.CC.CC.CC.CC.CC.CC(C)(C)c1nccc2ccccc12.CC(C)(C)c1nccc2cccnc12.CC(C)(C)c1nccc2ccncc12.CC(C)(C)c1nccc2ncccc12.CC(C)(C)c1ncnc2ccccc12.CC(C)(C)c1ncnc2cccnc12.CC(C)(C)c1ncnc2ccncc12.CC(C)(C)c1ncnc2ncccc12.CC(C)(C)c1nncc2ccccc12. The Labute approximate surface area is 867 Å². The fourth-order valence-electron chi connectivity index (χ4n) is 14.1. The molecule has 0 aliphatic heterocycles. The van der Waals surface area contributed by atoms with E-state index in [1.165, 1.54) is 27.2 Å². The summed E-state index contributed by atoms with van der Waals surface area (Å²) in [5.41, 5.74) is 16.9. The summed E-state index contributed by atoms with van der Waals surface area (Å²) in [6.07, 6.45) is 30.1. The molecule has 0 amide bonds. The summed E-state index contributed by atoms with van der Waals surface area (Å²) < 4.78 is 0. The van der Waals surface area contributed by atoms with Gasteiger partial charge < -0.3 is 0 Å². The van der Waals surface area contributed by atoms with Crippen molar-refractivity contribution in [3.63, 3.8) is 0 Å². The molecule has 20 nitrogen and oxygen atoms in total. The maximum atomic E-state index is 4.48. The van der Waals surface area contributed by atoms with Gasteiger partial charge in [-0.25, -0.2) is 44.9 Å². The van der Waals surface area contributed by atoms with Crippen LogP contribution in [0.3, 0.4) is 0 Å². The number of aromatic nitrogens is 20. The van der Waals surface area contributed by atoms with Crippen molar-refractivity contribution in [1.29, 1.82) is 0 Å². The molecule has 0 bridgehead atoms. The highest BCUT2D eigenvalue weighted by Crippen LogP contribution is 2.35. The van der Waals surface area contributed by atoms with E-state index in [1.54, 1.807) is 43.9 Å². The molecule has 144 heavy (non-hydrogen) atoms. The van der Waals surface area contributed by atoms with Crippen LogP contribution in [0.25, 0.3) is 98.0 Å². The topological polar surface area (TPSA) is 258 Å². The van der Waals surface area contributed by atoms with Crippen LogP contribution in [0.2, 0.25) is 0 Å². The van der Waals surface area contributed by atoms with Crippen molar-refractivity contribution < 1.29 is 0 Å². The van der Waals surface area contributed by atoms with Gasteiger partial charge in [0.15, 0.2) is 5.65 Å². The Morgan fingerprint density at radius 3 is 0.938 bits per heavy atom. The number of hydrogen-bond donors (Lipinski definition) is 0. The van der Waals surface area contributed by atoms with Gasteiger partial charge in [0, 0.05) is 172 Å².